The molecule has 0 atom stereocenters. The highest BCUT2D eigenvalue weighted by Gasteiger charge is 1.95. The Morgan fingerprint density at radius 1 is 1.36 bits per heavy atom. The molecular formula is C10H10N2OS. The van der Waals surface area contributed by atoms with Crippen LogP contribution in [0.5, 0.6) is 5.75 Å². The van der Waals surface area contributed by atoms with E-state index in [4.69, 9.17) is 5.11 Å². The molecule has 0 saturated carbocycles. The van der Waals surface area contributed by atoms with Gasteiger partial charge in [0.15, 0.2) is 0 Å². The zero-order valence-electron chi connectivity index (χ0n) is 7.47. The number of rotatable bonds is 3. The molecule has 0 amide bonds. The van der Waals surface area contributed by atoms with E-state index in [0.29, 0.717) is 6.54 Å². The second-order valence-corrected chi connectivity index (χ2v) is 3.65. The molecule has 4 heteroatoms. The van der Waals surface area contributed by atoms with Crippen LogP contribution < -0.4 is 5.32 Å². The Bertz CT molecular complexity index is 383. The van der Waals surface area contributed by atoms with Crippen molar-refractivity contribution in [1.29, 1.82) is 0 Å². The maximum atomic E-state index is 9.03. The van der Waals surface area contributed by atoms with Crippen LogP contribution in [0.1, 0.15) is 5.69 Å². The van der Waals surface area contributed by atoms with Gasteiger partial charge in [0.2, 0.25) is 0 Å². The molecule has 0 unspecified atom stereocenters. The summed E-state index contributed by atoms with van der Waals surface area (Å²) in [5.41, 5.74) is 2.01. The van der Waals surface area contributed by atoms with Crippen molar-refractivity contribution in [2.75, 3.05) is 5.32 Å². The highest BCUT2D eigenvalue weighted by molar-refractivity contribution is 7.08. The number of pyridine rings is 1. The fraction of sp³-hybridized carbons (Fsp3) is 0.100. The summed E-state index contributed by atoms with van der Waals surface area (Å²) in [5.74, 6) is 0.198. The first-order chi connectivity index (χ1) is 6.84. The third-order valence-corrected chi connectivity index (χ3v) is 2.49. The molecule has 0 spiro atoms. The van der Waals surface area contributed by atoms with Crippen LogP contribution in [0.15, 0.2) is 35.2 Å². The van der Waals surface area contributed by atoms with Gasteiger partial charge in [0.05, 0.1) is 18.4 Å². The van der Waals surface area contributed by atoms with E-state index in [1.165, 1.54) is 6.20 Å². The highest BCUT2D eigenvalue weighted by atomic mass is 32.1. The van der Waals surface area contributed by atoms with E-state index in [0.717, 1.165) is 11.4 Å². The molecular weight excluding hydrogens is 196 g/mol. The Balaban J connectivity index is 1.95. The van der Waals surface area contributed by atoms with E-state index >= 15 is 0 Å². The topological polar surface area (TPSA) is 45.1 Å². The van der Waals surface area contributed by atoms with Crippen LogP contribution in [0.3, 0.4) is 0 Å². The van der Waals surface area contributed by atoms with Gasteiger partial charge >= 0.3 is 0 Å². The van der Waals surface area contributed by atoms with E-state index in [1.54, 1.807) is 23.5 Å². The van der Waals surface area contributed by atoms with Crippen LogP contribution in [0.2, 0.25) is 0 Å². The van der Waals surface area contributed by atoms with Crippen LogP contribution in [0, 0.1) is 0 Å². The average Bonchev–Trinajstić information content (AvgIpc) is 2.70. The Kier molecular flexibility index (Phi) is 2.65. The minimum Gasteiger partial charge on any atom is -0.506 e. The van der Waals surface area contributed by atoms with Gasteiger partial charge in [-0.15, -0.1) is 0 Å². The molecule has 0 saturated heterocycles. The summed E-state index contributed by atoms with van der Waals surface area (Å²) in [5, 5.41) is 16.3. The smallest absolute Gasteiger partial charge is 0.133 e. The SMILES string of the molecule is Oc1ccc(CNc2ccsc2)nc1. The molecule has 0 bridgehead atoms. The number of hydrogen-bond acceptors (Lipinski definition) is 4. The van der Waals surface area contributed by atoms with Crippen LogP contribution in [0.25, 0.3) is 0 Å². The highest BCUT2D eigenvalue weighted by Crippen LogP contribution is 2.13. The van der Waals surface area contributed by atoms with Crippen molar-refractivity contribution in [3.63, 3.8) is 0 Å². The van der Waals surface area contributed by atoms with Gasteiger partial charge < -0.3 is 10.4 Å². The van der Waals surface area contributed by atoms with E-state index in [1.807, 2.05) is 16.8 Å². The van der Waals surface area contributed by atoms with Gasteiger partial charge in [-0.05, 0) is 23.6 Å². The molecule has 2 aromatic heterocycles. The molecule has 2 N–H and O–H groups in total. The molecule has 3 nitrogen and oxygen atoms in total. The van der Waals surface area contributed by atoms with Crippen molar-refractivity contribution in [2.45, 2.75) is 6.54 Å². The standard InChI is InChI=1S/C10H10N2OS/c13-10-2-1-8(12-6-10)5-11-9-3-4-14-7-9/h1-4,6-7,11,13H,5H2. The first-order valence-corrected chi connectivity index (χ1v) is 5.19. The number of thiophene rings is 1. The predicted octanol–water partition coefficient (Wildman–Crippen LogP) is 2.46. The van der Waals surface area contributed by atoms with Crippen molar-refractivity contribution in [2.24, 2.45) is 0 Å². The third kappa shape index (κ3) is 2.23. The Hall–Kier alpha value is -1.55. The van der Waals surface area contributed by atoms with Gasteiger partial charge in [0.25, 0.3) is 0 Å². The summed E-state index contributed by atoms with van der Waals surface area (Å²) in [6.45, 7) is 0.678. The summed E-state index contributed by atoms with van der Waals surface area (Å²) in [7, 11) is 0. The number of hydrogen-bond donors (Lipinski definition) is 2. The average molecular weight is 206 g/mol. The zero-order valence-corrected chi connectivity index (χ0v) is 8.29. The molecule has 0 radical (unpaired) electrons. The molecule has 0 aliphatic rings. The molecule has 0 aromatic carbocycles. The van der Waals surface area contributed by atoms with Crippen molar-refractivity contribution >= 4 is 17.0 Å². The van der Waals surface area contributed by atoms with E-state index in [2.05, 4.69) is 10.3 Å². The van der Waals surface area contributed by atoms with E-state index in [9.17, 15) is 0 Å². The fourth-order valence-electron chi connectivity index (χ4n) is 1.08. The lowest BCUT2D eigenvalue weighted by atomic mass is 10.3. The summed E-state index contributed by atoms with van der Waals surface area (Å²) >= 11 is 1.65. The van der Waals surface area contributed by atoms with Crippen LogP contribution in [-0.4, -0.2) is 10.1 Å². The second-order valence-electron chi connectivity index (χ2n) is 2.87. The van der Waals surface area contributed by atoms with Crippen molar-refractivity contribution in [3.05, 3.63) is 40.8 Å². The number of aromatic hydroxyl groups is 1. The first kappa shape index (κ1) is 9.02. The normalized spacial score (nSPS) is 10.0. The van der Waals surface area contributed by atoms with Crippen LogP contribution in [0.4, 0.5) is 5.69 Å². The summed E-state index contributed by atoms with van der Waals surface area (Å²) in [6, 6.07) is 5.46. The van der Waals surface area contributed by atoms with Crippen LogP contribution >= 0.6 is 11.3 Å². The maximum absolute atomic E-state index is 9.03. The molecule has 0 fully saturated rings. The molecule has 0 aliphatic heterocycles. The Morgan fingerprint density at radius 2 is 2.29 bits per heavy atom. The quantitative estimate of drug-likeness (QED) is 0.810. The molecule has 72 valence electrons. The zero-order chi connectivity index (χ0) is 9.80. The monoisotopic (exact) mass is 206 g/mol. The molecule has 2 aromatic rings. The van der Waals surface area contributed by atoms with Gasteiger partial charge in [-0.1, -0.05) is 0 Å². The number of nitrogens with zero attached hydrogens (tertiary/aromatic N) is 1. The minimum absolute atomic E-state index is 0.198. The molecule has 2 heterocycles. The summed E-state index contributed by atoms with van der Waals surface area (Å²) < 4.78 is 0. The van der Waals surface area contributed by atoms with E-state index in [-0.39, 0.29) is 5.75 Å². The van der Waals surface area contributed by atoms with Gasteiger partial charge in [-0.25, -0.2) is 0 Å². The first-order valence-electron chi connectivity index (χ1n) is 4.24. The van der Waals surface area contributed by atoms with Crippen molar-refractivity contribution in [3.8, 4) is 5.75 Å². The molecule has 0 aliphatic carbocycles. The predicted molar refractivity (Wildman–Crippen MR) is 57.5 cm³/mol. The van der Waals surface area contributed by atoms with Gasteiger partial charge in [0.1, 0.15) is 5.75 Å². The Labute approximate surface area is 86.1 Å². The lowest BCUT2D eigenvalue weighted by Crippen LogP contribution is -1.99. The molecule has 2 rings (SSSR count). The van der Waals surface area contributed by atoms with Gasteiger partial charge in [0, 0.05) is 11.1 Å². The fourth-order valence-corrected chi connectivity index (χ4v) is 1.69. The van der Waals surface area contributed by atoms with Crippen molar-refractivity contribution in [1.82, 2.24) is 4.98 Å². The minimum atomic E-state index is 0.198. The lowest BCUT2D eigenvalue weighted by Gasteiger charge is -2.02. The Morgan fingerprint density at radius 3 is 2.93 bits per heavy atom. The number of anilines is 1. The summed E-state index contributed by atoms with van der Waals surface area (Å²) in [6.07, 6.45) is 1.45. The van der Waals surface area contributed by atoms with Crippen molar-refractivity contribution < 1.29 is 5.11 Å². The van der Waals surface area contributed by atoms with Gasteiger partial charge in [-0.3, -0.25) is 4.98 Å². The number of aromatic nitrogens is 1. The lowest BCUT2D eigenvalue weighted by molar-refractivity contribution is 0.472. The largest absolute Gasteiger partial charge is 0.506 e. The van der Waals surface area contributed by atoms with Crippen LogP contribution in [-0.2, 0) is 6.54 Å². The summed E-state index contributed by atoms with van der Waals surface area (Å²) in [4.78, 5) is 4.07. The number of nitrogens with one attached hydrogen (secondary N) is 1. The maximum Gasteiger partial charge on any atom is 0.133 e. The second kappa shape index (κ2) is 4.11. The van der Waals surface area contributed by atoms with Gasteiger partial charge in [-0.2, -0.15) is 11.3 Å². The van der Waals surface area contributed by atoms with E-state index < -0.39 is 0 Å². The third-order valence-electron chi connectivity index (χ3n) is 1.80. The molecule has 14 heavy (non-hydrogen) atoms.